The SMILES string of the molecule is O=[N+]([O-])OO.[Al+3].[Mg+2]. The molecule has 0 aromatic heterocycles. The van der Waals surface area contributed by atoms with Crippen molar-refractivity contribution in [1.82, 2.24) is 0 Å². The van der Waals surface area contributed by atoms with Crippen LogP contribution < -0.4 is 0 Å². The Labute approximate surface area is 66.0 Å². The van der Waals surface area contributed by atoms with Gasteiger partial charge in [0.05, 0.1) is 0 Å². The third-order valence-corrected chi connectivity index (χ3v) is 0.0667. The minimum atomic E-state index is -1.32. The molecule has 0 unspecified atom stereocenters. The number of nitrogens with zero attached hydrogens (tertiary/aromatic N) is 1. The Bertz CT molecular complexity index is 47.0. The molecule has 0 radical (unpaired) electrons. The van der Waals surface area contributed by atoms with Gasteiger partial charge in [0.2, 0.25) is 0 Å². The van der Waals surface area contributed by atoms with Gasteiger partial charge in [-0.2, -0.15) is 0 Å². The first-order valence-electron chi connectivity index (χ1n) is 0.730. The average Bonchev–Trinajstić information content (AvgIpc) is 1.38. The minimum Gasteiger partial charge on any atom is -0.214 e. The Balaban J connectivity index is -0.0000000800. The standard InChI is InChI=1S/Al.Mg.HNO4/c;;2-1(3)5-4/h;;4H/q+3;+2;. The van der Waals surface area contributed by atoms with E-state index in [9.17, 15) is 0 Å². The maximum absolute atomic E-state index is 8.70. The third-order valence-electron chi connectivity index (χ3n) is 0.0667. The summed E-state index contributed by atoms with van der Waals surface area (Å²) < 4.78 is 0. The second-order valence-electron chi connectivity index (χ2n) is 0.305. The van der Waals surface area contributed by atoms with E-state index in [1.807, 2.05) is 0 Å². The molecule has 7 heteroatoms. The van der Waals surface area contributed by atoms with Crippen LogP contribution in [0.3, 0.4) is 0 Å². The molecular weight excluding hydrogens is 129 g/mol. The van der Waals surface area contributed by atoms with Crippen molar-refractivity contribution in [3.8, 4) is 0 Å². The van der Waals surface area contributed by atoms with E-state index < -0.39 is 5.09 Å². The summed E-state index contributed by atoms with van der Waals surface area (Å²) in [6, 6.07) is 0. The van der Waals surface area contributed by atoms with Gasteiger partial charge < -0.3 is 0 Å². The van der Waals surface area contributed by atoms with E-state index in [1.54, 1.807) is 0 Å². The molecule has 0 aliphatic heterocycles. The van der Waals surface area contributed by atoms with E-state index >= 15 is 0 Å². The van der Waals surface area contributed by atoms with Gasteiger partial charge in [-0.3, -0.25) is 0 Å². The summed E-state index contributed by atoms with van der Waals surface area (Å²) in [5, 5.41) is 14.3. The second kappa shape index (κ2) is 9.68. The zero-order valence-electron chi connectivity index (χ0n) is 3.40. The predicted molar refractivity (Wildman–Crippen MR) is 22.2 cm³/mol. The van der Waals surface area contributed by atoms with Crippen LogP contribution in [0.5, 0.6) is 0 Å². The summed E-state index contributed by atoms with van der Waals surface area (Å²) >= 11 is 0. The molecule has 7 heavy (non-hydrogen) atoms. The molecule has 0 aliphatic rings. The number of rotatable bonds is 1. The summed E-state index contributed by atoms with van der Waals surface area (Å²) in [5.41, 5.74) is 0. The zero-order chi connectivity index (χ0) is 4.28. The molecule has 0 amide bonds. The molecule has 0 aromatic rings. The van der Waals surface area contributed by atoms with Crippen LogP contribution in [0.2, 0.25) is 0 Å². The van der Waals surface area contributed by atoms with Crippen molar-refractivity contribution in [2.45, 2.75) is 0 Å². The van der Waals surface area contributed by atoms with Crippen LogP contribution in [0.4, 0.5) is 0 Å². The van der Waals surface area contributed by atoms with Crippen LogP contribution in [0, 0.1) is 10.1 Å². The van der Waals surface area contributed by atoms with E-state index in [1.165, 1.54) is 0 Å². The molecule has 0 aromatic carbocycles. The molecule has 30 valence electrons. The maximum atomic E-state index is 8.70. The van der Waals surface area contributed by atoms with Crippen LogP contribution in [-0.4, -0.2) is 50.8 Å². The quantitative estimate of drug-likeness (QED) is 0.212. The molecule has 0 fully saturated rings. The molecule has 0 bridgehead atoms. The van der Waals surface area contributed by atoms with Gasteiger partial charge in [0.15, 0.2) is 0 Å². The molecule has 5 nitrogen and oxygen atoms in total. The van der Waals surface area contributed by atoms with Crippen molar-refractivity contribution >= 4 is 40.4 Å². The normalized spacial score (nSPS) is 4.71. The summed E-state index contributed by atoms with van der Waals surface area (Å²) in [7, 11) is 0. The molecule has 0 atom stereocenters. The van der Waals surface area contributed by atoms with E-state index in [-0.39, 0.29) is 40.4 Å². The topological polar surface area (TPSA) is 72.6 Å². The van der Waals surface area contributed by atoms with Crippen molar-refractivity contribution < 1.29 is 15.3 Å². The second-order valence-corrected chi connectivity index (χ2v) is 0.305. The average molecular weight is 130 g/mol. The van der Waals surface area contributed by atoms with Crippen LogP contribution in [0.15, 0.2) is 0 Å². The van der Waals surface area contributed by atoms with Gasteiger partial charge in [0, 0.05) is 0 Å². The van der Waals surface area contributed by atoms with Crippen molar-refractivity contribution in [3.05, 3.63) is 10.1 Å². The van der Waals surface area contributed by atoms with E-state index in [2.05, 4.69) is 4.99 Å². The fourth-order valence-electron chi connectivity index (χ4n) is 0. The third kappa shape index (κ3) is 21.2. The summed E-state index contributed by atoms with van der Waals surface area (Å²) in [5.74, 6) is 0. The van der Waals surface area contributed by atoms with Gasteiger partial charge in [-0.25, -0.2) is 5.26 Å². The Morgan fingerprint density at radius 1 is 1.71 bits per heavy atom. The summed E-state index contributed by atoms with van der Waals surface area (Å²) in [4.78, 5) is 11.2. The monoisotopic (exact) mass is 130 g/mol. The Morgan fingerprint density at radius 3 is 1.86 bits per heavy atom. The first-order valence-corrected chi connectivity index (χ1v) is 0.730. The van der Waals surface area contributed by atoms with Crippen molar-refractivity contribution in [1.29, 1.82) is 0 Å². The summed E-state index contributed by atoms with van der Waals surface area (Å²) in [6.45, 7) is 0. The minimum absolute atomic E-state index is 0. The first kappa shape index (κ1) is 15.7. The molecular formula is HAlMgNO4+5. The number of hydrogen-bond acceptors (Lipinski definition) is 4. The fourth-order valence-corrected chi connectivity index (χ4v) is 0. The molecule has 0 spiro atoms. The van der Waals surface area contributed by atoms with Crippen molar-refractivity contribution in [2.75, 3.05) is 0 Å². The molecule has 0 heterocycles. The fraction of sp³-hybridized carbons (Fsp3) is 0. The van der Waals surface area contributed by atoms with Gasteiger partial charge in [-0.1, -0.05) is 0 Å². The van der Waals surface area contributed by atoms with Crippen LogP contribution in [-0.2, 0) is 4.99 Å². The van der Waals surface area contributed by atoms with Crippen molar-refractivity contribution in [2.24, 2.45) is 0 Å². The Hall–Kier alpha value is 0.459. The number of hydrogen-bond donors (Lipinski definition) is 1. The van der Waals surface area contributed by atoms with Crippen LogP contribution in [0.25, 0.3) is 0 Å². The van der Waals surface area contributed by atoms with Gasteiger partial charge in [-0.05, 0) is 0 Å². The molecule has 1 N–H and O–H groups in total. The largest absolute Gasteiger partial charge is 3.00 e. The molecule has 0 aliphatic carbocycles. The van der Waals surface area contributed by atoms with Gasteiger partial charge in [-0.15, -0.1) is 15.1 Å². The van der Waals surface area contributed by atoms with E-state index in [0.717, 1.165) is 0 Å². The summed E-state index contributed by atoms with van der Waals surface area (Å²) in [6.07, 6.45) is 0. The van der Waals surface area contributed by atoms with Crippen molar-refractivity contribution in [3.63, 3.8) is 0 Å². The first-order chi connectivity index (χ1) is 2.27. The smallest absolute Gasteiger partial charge is 0.214 e. The maximum Gasteiger partial charge on any atom is 3.00 e. The van der Waals surface area contributed by atoms with E-state index in [0.29, 0.717) is 0 Å². The molecule has 0 saturated heterocycles. The Kier molecular flexibility index (Phi) is 21.6. The van der Waals surface area contributed by atoms with Crippen LogP contribution >= 0.6 is 0 Å². The molecule has 0 saturated carbocycles. The zero-order valence-corrected chi connectivity index (χ0v) is 5.97. The van der Waals surface area contributed by atoms with Crippen LogP contribution in [0.1, 0.15) is 0 Å². The van der Waals surface area contributed by atoms with Gasteiger partial charge in [0.1, 0.15) is 0 Å². The molecule has 0 rings (SSSR count). The van der Waals surface area contributed by atoms with Gasteiger partial charge >= 0.3 is 45.5 Å². The predicted octanol–water partition coefficient (Wildman–Crippen LogP) is -1.09. The Morgan fingerprint density at radius 2 is 1.86 bits per heavy atom. The van der Waals surface area contributed by atoms with Gasteiger partial charge in [0.25, 0.3) is 0 Å². The van der Waals surface area contributed by atoms with E-state index in [4.69, 9.17) is 15.4 Å².